The molecule has 0 bridgehead atoms. The summed E-state index contributed by atoms with van der Waals surface area (Å²) in [5.41, 5.74) is 8.76. The monoisotopic (exact) mass is 311 g/mol. The molecule has 3 N–H and O–H groups in total. The molecule has 1 aliphatic rings. The van der Waals surface area contributed by atoms with Gasteiger partial charge in [0.15, 0.2) is 0 Å². The van der Waals surface area contributed by atoms with Gasteiger partial charge in [-0.1, -0.05) is 0 Å². The molecule has 1 aromatic rings. The molecule has 0 spiro atoms. The lowest BCUT2D eigenvalue weighted by molar-refractivity contribution is 0.388. The van der Waals surface area contributed by atoms with Gasteiger partial charge in [-0.25, -0.2) is 8.42 Å². The van der Waals surface area contributed by atoms with E-state index in [1.165, 1.54) is 10.6 Å². The fourth-order valence-electron chi connectivity index (χ4n) is 2.65. The summed E-state index contributed by atoms with van der Waals surface area (Å²) in [6.45, 7) is 5.77. The maximum absolute atomic E-state index is 11.6. The predicted octanol–water partition coefficient (Wildman–Crippen LogP) is 0.0641. The third kappa shape index (κ3) is 3.33. The molecule has 1 aromatic heterocycles. The molecule has 1 saturated heterocycles. The zero-order valence-corrected chi connectivity index (χ0v) is 13.4. The summed E-state index contributed by atoms with van der Waals surface area (Å²) in [6, 6.07) is 1.90. The zero-order chi connectivity index (χ0) is 15.8. The molecule has 1 fully saturated rings. The molecule has 0 aromatic carbocycles. The fraction of sp³-hybridized carbons (Fsp3) is 0.538. The molecule has 116 valence electrons. The van der Waals surface area contributed by atoms with Crippen LogP contribution in [0.5, 0.6) is 0 Å². The summed E-state index contributed by atoms with van der Waals surface area (Å²) in [5, 5.41) is 7.75. The van der Waals surface area contributed by atoms with Crippen LogP contribution in [0.15, 0.2) is 6.07 Å². The van der Waals surface area contributed by atoms with E-state index in [9.17, 15) is 8.42 Å². The summed E-state index contributed by atoms with van der Waals surface area (Å²) >= 11 is 0. The van der Waals surface area contributed by atoms with E-state index in [1.807, 2.05) is 19.9 Å². The first-order valence-electron chi connectivity index (χ1n) is 6.73. The van der Waals surface area contributed by atoms with Crippen LogP contribution in [0.2, 0.25) is 0 Å². The highest BCUT2D eigenvalue weighted by molar-refractivity contribution is 7.88. The number of rotatable bonds is 3. The van der Waals surface area contributed by atoms with Crippen LogP contribution in [0.1, 0.15) is 17.0 Å². The highest BCUT2D eigenvalue weighted by Gasteiger charge is 2.25. The van der Waals surface area contributed by atoms with E-state index >= 15 is 0 Å². The summed E-state index contributed by atoms with van der Waals surface area (Å²) in [4.78, 5) is 6.42. The van der Waals surface area contributed by atoms with Gasteiger partial charge in [-0.05, 0) is 19.9 Å². The Morgan fingerprint density at radius 3 is 2.33 bits per heavy atom. The van der Waals surface area contributed by atoms with Crippen LogP contribution in [0.4, 0.5) is 5.69 Å². The van der Waals surface area contributed by atoms with Crippen LogP contribution in [0.25, 0.3) is 0 Å². The fourth-order valence-corrected chi connectivity index (χ4v) is 3.48. The number of piperazine rings is 1. The Morgan fingerprint density at radius 1 is 1.29 bits per heavy atom. The number of amidine groups is 1. The van der Waals surface area contributed by atoms with Crippen molar-refractivity contribution in [3.8, 4) is 0 Å². The summed E-state index contributed by atoms with van der Waals surface area (Å²) in [5.74, 6) is -0.0134. The Kier molecular flexibility index (Phi) is 4.20. The van der Waals surface area contributed by atoms with E-state index < -0.39 is 10.0 Å². The second-order valence-corrected chi connectivity index (χ2v) is 7.29. The first kappa shape index (κ1) is 15.7. The van der Waals surface area contributed by atoms with Crippen LogP contribution in [0, 0.1) is 19.3 Å². The summed E-state index contributed by atoms with van der Waals surface area (Å²) in [7, 11) is -3.15. The summed E-state index contributed by atoms with van der Waals surface area (Å²) < 4.78 is 24.6. The van der Waals surface area contributed by atoms with Gasteiger partial charge < -0.3 is 10.6 Å². The van der Waals surface area contributed by atoms with E-state index in [0.717, 1.165) is 17.1 Å². The van der Waals surface area contributed by atoms with Crippen molar-refractivity contribution in [3.63, 3.8) is 0 Å². The van der Waals surface area contributed by atoms with Crippen molar-refractivity contribution < 1.29 is 8.42 Å². The van der Waals surface area contributed by atoms with E-state index in [2.05, 4.69) is 9.88 Å². The molecule has 2 rings (SSSR count). The number of nitrogen functional groups attached to an aromatic ring is 1. The lowest BCUT2D eigenvalue weighted by atomic mass is 10.1. The molecule has 0 radical (unpaired) electrons. The molecular weight excluding hydrogens is 290 g/mol. The molecule has 21 heavy (non-hydrogen) atoms. The van der Waals surface area contributed by atoms with Crippen LogP contribution in [0.3, 0.4) is 0 Å². The lowest BCUT2D eigenvalue weighted by Crippen LogP contribution is -2.48. The molecule has 8 heteroatoms. The average molecular weight is 311 g/mol. The minimum absolute atomic E-state index is 0.0134. The normalized spacial score (nSPS) is 17.0. The predicted molar refractivity (Wildman–Crippen MR) is 83.4 cm³/mol. The second kappa shape index (κ2) is 5.61. The SMILES string of the molecule is Cc1cc(N2CCN(S(C)(=O)=O)CC2)c(C(=N)N)c(C)n1. The summed E-state index contributed by atoms with van der Waals surface area (Å²) in [6.07, 6.45) is 1.23. The molecule has 0 unspecified atom stereocenters. The van der Waals surface area contributed by atoms with Gasteiger partial charge in [0.25, 0.3) is 0 Å². The largest absolute Gasteiger partial charge is 0.384 e. The van der Waals surface area contributed by atoms with Gasteiger partial charge in [0, 0.05) is 31.9 Å². The van der Waals surface area contributed by atoms with Crippen molar-refractivity contribution in [1.82, 2.24) is 9.29 Å². The zero-order valence-electron chi connectivity index (χ0n) is 12.5. The standard InChI is InChI=1S/C13H21N5O2S/c1-9-8-11(12(13(14)15)10(2)16-9)17-4-6-18(7-5-17)21(3,19)20/h8H,4-7H2,1-3H3,(H3,14,15). The number of pyridine rings is 1. The first-order valence-corrected chi connectivity index (χ1v) is 8.57. The molecule has 1 aliphatic heterocycles. The highest BCUT2D eigenvalue weighted by atomic mass is 32.2. The Hall–Kier alpha value is -1.67. The van der Waals surface area contributed by atoms with Gasteiger partial charge in [-0.3, -0.25) is 10.4 Å². The van der Waals surface area contributed by atoms with Gasteiger partial charge in [0.1, 0.15) is 5.84 Å². The minimum atomic E-state index is -3.15. The molecular formula is C13H21N5O2S. The van der Waals surface area contributed by atoms with Gasteiger partial charge in [0.2, 0.25) is 10.0 Å². The second-order valence-electron chi connectivity index (χ2n) is 5.31. The smallest absolute Gasteiger partial charge is 0.211 e. The number of nitrogens with one attached hydrogen (secondary N) is 1. The highest BCUT2D eigenvalue weighted by Crippen LogP contribution is 2.25. The number of sulfonamides is 1. The quantitative estimate of drug-likeness (QED) is 0.607. The Morgan fingerprint density at radius 2 is 1.86 bits per heavy atom. The maximum Gasteiger partial charge on any atom is 0.211 e. The molecule has 0 atom stereocenters. The Bertz CT molecular complexity index is 663. The number of hydrogen-bond donors (Lipinski definition) is 2. The third-order valence-corrected chi connectivity index (χ3v) is 4.93. The number of hydrogen-bond acceptors (Lipinski definition) is 5. The van der Waals surface area contributed by atoms with Crippen LogP contribution in [-0.4, -0.2) is 56.0 Å². The minimum Gasteiger partial charge on any atom is -0.384 e. The maximum atomic E-state index is 11.6. The third-order valence-electron chi connectivity index (χ3n) is 3.63. The van der Waals surface area contributed by atoms with Gasteiger partial charge in [-0.15, -0.1) is 0 Å². The number of anilines is 1. The van der Waals surface area contributed by atoms with E-state index in [0.29, 0.717) is 31.7 Å². The topological polar surface area (TPSA) is 103 Å². The van der Waals surface area contributed by atoms with Crippen LogP contribution >= 0.6 is 0 Å². The van der Waals surface area contributed by atoms with Crippen molar-refractivity contribution in [1.29, 1.82) is 5.41 Å². The number of nitrogens with two attached hydrogens (primary N) is 1. The van der Waals surface area contributed by atoms with Gasteiger partial charge >= 0.3 is 0 Å². The van der Waals surface area contributed by atoms with E-state index in [4.69, 9.17) is 11.1 Å². The Balaban J connectivity index is 2.30. The van der Waals surface area contributed by atoms with Gasteiger partial charge in [-0.2, -0.15) is 4.31 Å². The van der Waals surface area contributed by atoms with Crippen molar-refractivity contribution in [2.24, 2.45) is 5.73 Å². The van der Waals surface area contributed by atoms with Crippen molar-refractivity contribution >= 4 is 21.5 Å². The van der Waals surface area contributed by atoms with Crippen LogP contribution < -0.4 is 10.6 Å². The van der Waals surface area contributed by atoms with Crippen molar-refractivity contribution in [2.75, 3.05) is 37.3 Å². The average Bonchev–Trinajstić information content (AvgIpc) is 2.36. The van der Waals surface area contributed by atoms with Crippen LogP contribution in [-0.2, 0) is 10.0 Å². The molecule has 2 heterocycles. The van der Waals surface area contributed by atoms with E-state index in [1.54, 1.807) is 0 Å². The number of nitrogens with zero attached hydrogens (tertiary/aromatic N) is 3. The number of aromatic nitrogens is 1. The molecule has 7 nitrogen and oxygen atoms in total. The van der Waals surface area contributed by atoms with E-state index in [-0.39, 0.29) is 5.84 Å². The molecule has 0 saturated carbocycles. The first-order chi connectivity index (χ1) is 9.70. The van der Waals surface area contributed by atoms with Crippen molar-refractivity contribution in [2.45, 2.75) is 13.8 Å². The lowest BCUT2D eigenvalue weighted by Gasteiger charge is -2.36. The molecule has 0 amide bonds. The van der Waals surface area contributed by atoms with Gasteiger partial charge in [0.05, 0.1) is 23.2 Å². The van der Waals surface area contributed by atoms with Crippen molar-refractivity contribution in [3.05, 3.63) is 23.0 Å². The molecule has 0 aliphatic carbocycles. The number of aryl methyl sites for hydroxylation is 2. The Labute approximate surface area is 125 Å².